The molecule has 170 valence electrons. The third-order valence-electron chi connectivity index (χ3n) is 5.14. The van der Waals surface area contributed by atoms with Crippen LogP contribution in [0.1, 0.15) is 40.7 Å². The molecule has 1 amide bonds. The molecule has 0 bridgehead atoms. The molecule has 0 radical (unpaired) electrons. The third kappa shape index (κ3) is 6.23. The van der Waals surface area contributed by atoms with E-state index in [-0.39, 0.29) is 36.3 Å². The summed E-state index contributed by atoms with van der Waals surface area (Å²) in [5.74, 6) is -0.795. The van der Waals surface area contributed by atoms with E-state index in [9.17, 15) is 14.7 Å². The number of benzene rings is 1. The molecule has 32 heavy (non-hydrogen) atoms. The van der Waals surface area contributed by atoms with Crippen molar-refractivity contribution < 1.29 is 24.3 Å². The molecule has 0 atom stereocenters. The molecule has 2 heterocycles. The van der Waals surface area contributed by atoms with Crippen LogP contribution in [0.3, 0.4) is 0 Å². The molecule has 1 aromatic rings. The zero-order valence-electron chi connectivity index (χ0n) is 18.1. The highest BCUT2D eigenvalue weighted by Crippen LogP contribution is 2.33. The lowest BCUT2D eigenvalue weighted by atomic mass is 9.96. The Kier molecular flexibility index (Phi) is 8.50. The number of esters is 1. The average Bonchev–Trinajstić information content (AvgIpc) is 3.30. The number of phenols is 1. The number of halogens is 1. The van der Waals surface area contributed by atoms with Crippen LogP contribution in [0.15, 0.2) is 47.7 Å². The number of carbonyl (C=O) groups excluding carboxylic acids is 2. The number of phenolic OH excluding ortho intramolecular Hbond substituents is 1. The summed E-state index contributed by atoms with van der Waals surface area (Å²) in [5, 5.41) is 14.4. The molecule has 3 rings (SSSR count). The van der Waals surface area contributed by atoms with Crippen molar-refractivity contribution in [3.05, 3.63) is 64.2 Å². The first-order valence-electron chi connectivity index (χ1n) is 10.6. The van der Waals surface area contributed by atoms with Gasteiger partial charge in [0.1, 0.15) is 5.75 Å². The van der Waals surface area contributed by atoms with Crippen molar-refractivity contribution in [3.63, 3.8) is 0 Å². The number of amides is 1. The number of aromatic hydroxyl groups is 1. The molecule has 7 nitrogen and oxygen atoms in total. The molecule has 0 aromatic heterocycles. The maximum atomic E-state index is 12.8. The van der Waals surface area contributed by atoms with Crippen LogP contribution in [0.2, 0.25) is 5.02 Å². The first-order valence-corrected chi connectivity index (χ1v) is 11.0. The van der Waals surface area contributed by atoms with E-state index in [0.717, 1.165) is 12.8 Å². The number of hydrogen-bond acceptors (Lipinski definition) is 6. The fraction of sp³-hybridized carbons (Fsp3) is 0.375. The monoisotopic (exact) mass is 458 g/mol. The van der Waals surface area contributed by atoms with Gasteiger partial charge < -0.3 is 19.6 Å². The topological polar surface area (TPSA) is 88.4 Å². The highest BCUT2D eigenvalue weighted by Gasteiger charge is 2.23. The Morgan fingerprint density at radius 1 is 1.19 bits per heavy atom. The van der Waals surface area contributed by atoms with Crippen molar-refractivity contribution in [1.29, 1.82) is 0 Å². The maximum Gasteiger partial charge on any atom is 0.338 e. The number of ether oxygens (including phenoxy) is 1. The number of allylic oxidation sites excluding steroid dienone is 3. The van der Waals surface area contributed by atoms with Crippen LogP contribution in [0.4, 0.5) is 0 Å². The van der Waals surface area contributed by atoms with Crippen LogP contribution in [-0.2, 0) is 20.8 Å². The number of cyclic esters (lactones) is 1. The van der Waals surface area contributed by atoms with Gasteiger partial charge in [-0.2, -0.15) is 0 Å². The highest BCUT2D eigenvalue weighted by atomic mass is 35.5. The van der Waals surface area contributed by atoms with Gasteiger partial charge in [0.15, 0.2) is 6.61 Å². The number of nitrogens with zero attached hydrogens (tertiary/aromatic N) is 2. The van der Waals surface area contributed by atoms with Crippen LogP contribution < -0.4 is 0 Å². The van der Waals surface area contributed by atoms with Crippen molar-refractivity contribution in [1.82, 2.24) is 4.90 Å². The number of carbonyl (C=O) groups is 2. The summed E-state index contributed by atoms with van der Waals surface area (Å²) in [6.45, 7) is 2.90. The lowest BCUT2D eigenvalue weighted by Gasteiger charge is -2.16. The van der Waals surface area contributed by atoms with Crippen LogP contribution >= 0.6 is 11.6 Å². The zero-order valence-corrected chi connectivity index (χ0v) is 18.8. The highest BCUT2D eigenvalue weighted by molar-refractivity contribution is 6.33. The van der Waals surface area contributed by atoms with Gasteiger partial charge in [0, 0.05) is 19.5 Å². The minimum Gasteiger partial charge on any atom is -0.506 e. The van der Waals surface area contributed by atoms with Crippen molar-refractivity contribution in [2.75, 3.05) is 26.3 Å². The Morgan fingerprint density at radius 2 is 1.91 bits per heavy atom. The van der Waals surface area contributed by atoms with Crippen LogP contribution in [-0.4, -0.2) is 53.9 Å². The van der Waals surface area contributed by atoms with Gasteiger partial charge in [-0.1, -0.05) is 47.1 Å². The fourth-order valence-corrected chi connectivity index (χ4v) is 3.69. The van der Waals surface area contributed by atoms with Crippen molar-refractivity contribution in [2.24, 2.45) is 5.16 Å². The lowest BCUT2D eigenvalue weighted by Crippen LogP contribution is -2.31. The number of rotatable bonds is 3. The maximum absolute atomic E-state index is 12.8. The van der Waals surface area contributed by atoms with E-state index in [1.54, 1.807) is 17.9 Å². The van der Waals surface area contributed by atoms with Gasteiger partial charge in [-0.3, -0.25) is 4.79 Å². The lowest BCUT2D eigenvalue weighted by molar-refractivity contribution is -0.134. The fourth-order valence-electron chi connectivity index (χ4n) is 3.48. The summed E-state index contributed by atoms with van der Waals surface area (Å²) in [6, 6.07) is 1.44. The second-order valence-electron chi connectivity index (χ2n) is 7.56. The van der Waals surface area contributed by atoms with Gasteiger partial charge in [0.05, 0.1) is 22.9 Å². The molecule has 1 N–H and O–H groups in total. The van der Waals surface area contributed by atoms with Crippen LogP contribution in [0.5, 0.6) is 5.75 Å². The van der Waals surface area contributed by atoms with E-state index in [1.807, 2.05) is 30.4 Å². The Balaban J connectivity index is 1.88. The molecule has 0 saturated carbocycles. The molecule has 0 unspecified atom stereocenters. The second kappa shape index (κ2) is 11.5. The standard InChI is InChI=1S/C24H27ClN2O5/c1-17-14-20(28)23(25)19-15-18(26-32-16-21(29)27-11-7-8-12-27)10-6-4-2-3-5-9-13-31-24(30)22(17)19/h3,5-8,10,14,28H,2,4,9,11-13,15-16H2,1H3/b5-3+,10-6+,26-18+. The van der Waals surface area contributed by atoms with Gasteiger partial charge in [0.25, 0.3) is 5.91 Å². The van der Waals surface area contributed by atoms with Gasteiger partial charge in [-0.25, -0.2) is 4.79 Å². The Morgan fingerprint density at radius 3 is 2.69 bits per heavy atom. The molecule has 8 heteroatoms. The molecule has 2 aliphatic heterocycles. The van der Waals surface area contributed by atoms with Crippen LogP contribution in [0, 0.1) is 6.92 Å². The van der Waals surface area contributed by atoms with Crippen LogP contribution in [0.25, 0.3) is 0 Å². The molecule has 0 spiro atoms. The van der Waals surface area contributed by atoms with Gasteiger partial charge in [-0.05, 0) is 49.5 Å². The Hall–Kier alpha value is -3.06. The Bertz CT molecular complexity index is 973. The molecule has 0 saturated heterocycles. The summed E-state index contributed by atoms with van der Waals surface area (Å²) < 4.78 is 5.42. The van der Waals surface area contributed by atoms with E-state index in [1.165, 1.54) is 6.07 Å². The van der Waals surface area contributed by atoms with E-state index in [0.29, 0.717) is 41.9 Å². The molecule has 0 fully saturated rings. The minimum absolute atomic E-state index is 0.0647. The number of fused-ring (bicyclic) bond motifs is 1. The molecule has 1 aromatic carbocycles. The molecule has 0 aliphatic carbocycles. The van der Waals surface area contributed by atoms with E-state index >= 15 is 0 Å². The number of hydrogen-bond donors (Lipinski definition) is 1. The van der Waals surface area contributed by atoms with Gasteiger partial charge >= 0.3 is 5.97 Å². The van der Waals surface area contributed by atoms with E-state index < -0.39 is 5.97 Å². The summed E-state index contributed by atoms with van der Waals surface area (Å²) in [7, 11) is 0. The third-order valence-corrected chi connectivity index (χ3v) is 5.56. The predicted octanol–water partition coefficient (Wildman–Crippen LogP) is 4.12. The SMILES string of the molecule is Cc1cc(O)c(Cl)c2c1C(=O)OCC/C=C/CC/C=C/C(=N\OCC(=O)N1CC=CC1)C2. The number of oxime groups is 1. The largest absolute Gasteiger partial charge is 0.506 e. The minimum atomic E-state index is -0.509. The average molecular weight is 459 g/mol. The van der Waals surface area contributed by atoms with Crippen molar-refractivity contribution in [3.8, 4) is 5.75 Å². The zero-order chi connectivity index (χ0) is 22.9. The Labute approximate surface area is 192 Å². The summed E-state index contributed by atoms with van der Waals surface area (Å²) in [6.07, 6.45) is 14.0. The van der Waals surface area contributed by atoms with E-state index in [4.69, 9.17) is 21.2 Å². The van der Waals surface area contributed by atoms with Crippen molar-refractivity contribution >= 4 is 29.2 Å². The summed E-state index contributed by atoms with van der Waals surface area (Å²) in [5.41, 5.74) is 1.73. The van der Waals surface area contributed by atoms with E-state index in [2.05, 4.69) is 5.16 Å². The molecule has 2 aliphatic rings. The smallest absolute Gasteiger partial charge is 0.338 e. The normalized spacial score (nSPS) is 20.4. The predicted molar refractivity (Wildman–Crippen MR) is 123 cm³/mol. The van der Waals surface area contributed by atoms with Gasteiger partial charge in [0.2, 0.25) is 0 Å². The van der Waals surface area contributed by atoms with Crippen molar-refractivity contribution in [2.45, 2.75) is 32.6 Å². The number of aryl methyl sites for hydroxylation is 1. The first-order chi connectivity index (χ1) is 15.5. The quantitative estimate of drug-likeness (QED) is 0.418. The summed E-state index contributed by atoms with van der Waals surface area (Å²) in [4.78, 5) is 32.0. The molecular weight excluding hydrogens is 432 g/mol. The first kappa shape index (κ1) is 23.6. The second-order valence-corrected chi connectivity index (χ2v) is 7.94. The summed E-state index contributed by atoms with van der Waals surface area (Å²) >= 11 is 6.38. The molecular formula is C24H27ClN2O5. The van der Waals surface area contributed by atoms with Gasteiger partial charge in [-0.15, -0.1) is 0 Å².